The van der Waals surface area contributed by atoms with Crippen LogP contribution in [-0.4, -0.2) is 17.9 Å². The van der Waals surface area contributed by atoms with E-state index in [0.717, 1.165) is 12.0 Å². The third kappa shape index (κ3) is 5.58. The van der Waals surface area contributed by atoms with Gasteiger partial charge in [-0.05, 0) is 49.1 Å². The van der Waals surface area contributed by atoms with E-state index in [9.17, 15) is 14.0 Å². The van der Waals surface area contributed by atoms with E-state index in [1.807, 2.05) is 12.1 Å². The molecule has 5 nitrogen and oxygen atoms in total. The molecule has 0 heterocycles. The van der Waals surface area contributed by atoms with E-state index in [4.69, 9.17) is 4.74 Å². The maximum Gasteiger partial charge on any atom is 0.279 e. The number of para-hydroxylation sites is 1. The molecule has 0 radical (unpaired) electrons. The summed E-state index contributed by atoms with van der Waals surface area (Å²) < 4.78 is 18.8. The van der Waals surface area contributed by atoms with E-state index in [1.54, 1.807) is 18.2 Å². The van der Waals surface area contributed by atoms with Gasteiger partial charge in [-0.1, -0.05) is 38.1 Å². The summed E-state index contributed by atoms with van der Waals surface area (Å²) >= 11 is 0. The summed E-state index contributed by atoms with van der Waals surface area (Å²) in [7, 11) is 0. The zero-order valence-corrected chi connectivity index (χ0v) is 15.1. The molecule has 2 N–H and O–H groups in total. The van der Waals surface area contributed by atoms with Gasteiger partial charge in [-0.2, -0.15) is 0 Å². The normalized spacial score (nSPS) is 11.7. The molecule has 0 aliphatic rings. The molecule has 0 aromatic heterocycles. The first-order chi connectivity index (χ1) is 12.4. The van der Waals surface area contributed by atoms with Crippen LogP contribution in [0.3, 0.4) is 0 Å². The van der Waals surface area contributed by atoms with Crippen molar-refractivity contribution >= 4 is 11.8 Å². The second-order valence-electron chi connectivity index (χ2n) is 6.43. The topological polar surface area (TPSA) is 67.4 Å². The van der Waals surface area contributed by atoms with Crippen molar-refractivity contribution in [3.05, 3.63) is 65.5 Å². The average Bonchev–Trinajstić information content (AvgIpc) is 2.61. The highest BCUT2D eigenvalue weighted by Crippen LogP contribution is 2.17. The fourth-order valence-electron chi connectivity index (χ4n) is 2.34. The van der Waals surface area contributed by atoms with Gasteiger partial charge in [0, 0.05) is 5.56 Å². The highest BCUT2D eigenvalue weighted by Gasteiger charge is 2.17. The first-order valence-corrected chi connectivity index (χ1v) is 8.47. The van der Waals surface area contributed by atoms with Crippen molar-refractivity contribution in [1.29, 1.82) is 0 Å². The van der Waals surface area contributed by atoms with E-state index in [-0.39, 0.29) is 5.75 Å². The number of carbonyl (C=O) groups excluding carboxylic acids is 2. The Morgan fingerprint density at radius 3 is 2.27 bits per heavy atom. The summed E-state index contributed by atoms with van der Waals surface area (Å²) in [6.07, 6.45) is -0.0376. The van der Waals surface area contributed by atoms with Gasteiger partial charge in [0.1, 0.15) is 0 Å². The van der Waals surface area contributed by atoms with Crippen molar-refractivity contribution in [2.24, 2.45) is 5.92 Å². The van der Waals surface area contributed by atoms with E-state index in [1.165, 1.54) is 25.1 Å². The molecule has 0 aliphatic heterocycles. The van der Waals surface area contributed by atoms with Gasteiger partial charge in [-0.25, -0.2) is 4.39 Å². The van der Waals surface area contributed by atoms with E-state index in [0.29, 0.717) is 11.5 Å². The van der Waals surface area contributed by atoms with E-state index >= 15 is 0 Å². The van der Waals surface area contributed by atoms with Crippen molar-refractivity contribution in [1.82, 2.24) is 10.9 Å². The van der Waals surface area contributed by atoms with Crippen LogP contribution in [0.1, 0.15) is 36.7 Å². The van der Waals surface area contributed by atoms with Crippen molar-refractivity contribution < 1.29 is 18.7 Å². The Bertz CT molecular complexity index is 760. The minimum Gasteiger partial charge on any atom is -0.478 e. The van der Waals surface area contributed by atoms with Gasteiger partial charge in [0.05, 0.1) is 0 Å². The number of ether oxygens (including phenoxy) is 1. The monoisotopic (exact) mass is 358 g/mol. The number of amides is 2. The molecular formula is C20H23FN2O3. The number of carbonyl (C=O) groups is 2. The van der Waals surface area contributed by atoms with Crippen LogP contribution in [0.25, 0.3) is 0 Å². The predicted molar refractivity (Wildman–Crippen MR) is 97.1 cm³/mol. The number of halogens is 1. The third-order valence-electron chi connectivity index (χ3n) is 3.67. The first kappa shape index (κ1) is 19.4. The molecule has 0 spiro atoms. The van der Waals surface area contributed by atoms with Crippen molar-refractivity contribution in [2.75, 3.05) is 0 Å². The standard InChI is InChI=1S/C20H23FN2O3/c1-13(2)12-15-8-10-16(11-9-15)20(25)23-22-19(24)14(3)26-18-7-5-4-6-17(18)21/h4-11,13-14H,12H2,1-3H3,(H,22,24)(H,23,25)/t14-/m1/s1. The lowest BCUT2D eigenvalue weighted by Gasteiger charge is -2.15. The highest BCUT2D eigenvalue weighted by atomic mass is 19.1. The lowest BCUT2D eigenvalue weighted by atomic mass is 10.0. The molecule has 2 aromatic carbocycles. The molecule has 2 amide bonds. The maximum atomic E-state index is 13.5. The second kappa shape index (κ2) is 8.99. The fraction of sp³-hybridized carbons (Fsp3) is 0.300. The highest BCUT2D eigenvalue weighted by molar-refractivity contribution is 5.95. The number of rotatable bonds is 6. The Kier molecular flexibility index (Phi) is 6.72. The second-order valence-corrected chi connectivity index (χ2v) is 6.43. The summed E-state index contributed by atoms with van der Waals surface area (Å²) in [6.45, 7) is 5.72. The Morgan fingerprint density at radius 2 is 1.65 bits per heavy atom. The summed E-state index contributed by atoms with van der Waals surface area (Å²) in [5.74, 6) is -1.07. The average molecular weight is 358 g/mol. The number of nitrogens with one attached hydrogen (secondary N) is 2. The van der Waals surface area contributed by atoms with E-state index in [2.05, 4.69) is 24.7 Å². The van der Waals surface area contributed by atoms with Crippen molar-refractivity contribution in [3.8, 4) is 5.75 Å². The lowest BCUT2D eigenvalue weighted by Crippen LogP contribution is -2.47. The Morgan fingerprint density at radius 1 is 1.00 bits per heavy atom. The minimum atomic E-state index is -0.972. The number of hydrazine groups is 1. The largest absolute Gasteiger partial charge is 0.478 e. The van der Waals surface area contributed by atoms with Gasteiger partial charge in [0.15, 0.2) is 17.7 Å². The van der Waals surface area contributed by atoms with Crippen LogP contribution in [0.15, 0.2) is 48.5 Å². The van der Waals surface area contributed by atoms with Crippen LogP contribution in [0.4, 0.5) is 4.39 Å². The van der Waals surface area contributed by atoms with Gasteiger partial charge in [0.2, 0.25) is 0 Å². The first-order valence-electron chi connectivity index (χ1n) is 8.47. The molecule has 0 saturated carbocycles. The molecule has 1 atom stereocenters. The number of hydrogen-bond donors (Lipinski definition) is 2. The lowest BCUT2D eigenvalue weighted by molar-refractivity contribution is -0.128. The van der Waals surface area contributed by atoms with E-state index < -0.39 is 23.7 Å². The van der Waals surface area contributed by atoms with Crippen LogP contribution >= 0.6 is 0 Å². The smallest absolute Gasteiger partial charge is 0.279 e. The molecule has 26 heavy (non-hydrogen) atoms. The van der Waals surface area contributed by atoms with Gasteiger partial charge in [-0.15, -0.1) is 0 Å². The molecular weight excluding hydrogens is 335 g/mol. The molecule has 0 fully saturated rings. The summed E-state index contributed by atoms with van der Waals surface area (Å²) in [5.41, 5.74) is 6.19. The SMILES string of the molecule is CC(C)Cc1ccc(C(=O)NNC(=O)[C@@H](C)Oc2ccccc2F)cc1. The zero-order valence-electron chi connectivity index (χ0n) is 15.1. The quantitative estimate of drug-likeness (QED) is 0.779. The number of hydrogen-bond acceptors (Lipinski definition) is 3. The summed E-state index contributed by atoms with van der Waals surface area (Å²) in [5, 5.41) is 0. The van der Waals surface area contributed by atoms with Gasteiger partial charge in [-0.3, -0.25) is 20.4 Å². The minimum absolute atomic E-state index is 0.0257. The molecule has 0 saturated heterocycles. The molecule has 138 valence electrons. The molecule has 2 aromatic rings. The molecule has 0 unspecified atom stereocenters. The predicted octanol–water partition coefficient (Wildman–Crippen LogP) is 3.25. The number of benzene rings is 2. The fourth-order valence-corrected chi connectivity index (χ4v) is 2.34. The Hall–Kier alpha value is -2.89. The Labute approximate surface area is 152 Å². The van der Waals surface area contributed by atoms with Gasteiger partial charge in [0.25, 0.3) is 11.8 Å². The van der Waals surface area contributed by atoms with Gasteiger partial charge >= 0.3 is 0 Å². The third-order valence-corrected chi connectivity index (χ3v) is 3.67. The summed E-state index contributed by atoms with van der Waals surface area (Å²) in [4.78, 5) is 24.1. The Balaban J connectivity index is 1.86. The van der Waals surface area contributed by atoms with Crippen molar-refractivity contribution in [2.45, 2.75) is 33.3 Å². The molecule has 2 rings (SSSR count). The van der Waals surface area contributed by atoms with Crippen LogP contribution < -0.4 is 15.6 Å². The molecule has 6 heteroatoms. The molecule has 0 bridgehead atoms. The maximum absolute atomic E-state index is 13.5. The van der Waals surface area contributed by atoms with Gasteiger partial charge < -0.3 is 4.74 Å². The van der Waals surface area contributed by atoms with Crippen molar-refractivity contribution in [3.63, 3.8) is 0 Å². The van der Waals surface area contributed by atoms with Crippen LogP contribution in [0.2, 0.25) is 0 Å². The molecule has 0 aliphatic carbocycles. The zero-order chi connectivity index (χ0) is 19.1. The van der Waals surface area contributed by atoms with Crippen LogP contribution in [0.5, 0.6) is 5.75 Å². The van der Waals surface area contributed by atoms with Crippen LogP contribution in [-0.2, 0) is 11.2 Å². The van der Waals surface area contributed by atoms with Crippen LogP contribution in [0, 0.1) is 11.7 Å². The summed E-state index contributed by atoms with van der Waals surface area (Å²) in [6, 6.07) is 13.0.